The second kappa shape index (κ2) is 7.17. The fourth-order valence-corrected chi connectivity index (χ4v) is 5.20. The molecule has 1 aromatic carbocycles. The number of carbonyl (C=O) groups excluding carboxylic acids is 1. The van der Waals surface area contributed by atoms with E-state index in [1.165, 1.54) is 11.8 Å². The van der Waals surface area contributed by atoms with Crippen LogP contribution in [0, 0.1) is 6.92 Å². The van der Waals surface area contributed by atoms with E-state index >= 15 is 0 Å². The van der Waals surface area contributed by atoms with E-state index in [1.54, 1.807) is 0 Å². The highest BCUT2D eigenvalue weighted by Gasteiger charge is 2.28. The van der Waals surface area contributed by atoms with E-state index in [0.29, 0.717) is 11.6 Å². The van der Waals surface area contributed by atoms with Crippen LogP contribution in [0.15, 0.2) is 29.4 Å². The summed E-state index contributed by atoms with van der Waals surface area (Å²) in [6.45, 7) is 2.01. The number of amides is 1. The molecule has 0 bridgehead atoms. The summed E-state index contributed by atoms with van der Waals surface area (Å²) in [4.78, 5) is 12.0. The van der Waals surface area contributed by atoms with Gasteiger partial charge >= 0.3 is 0 Å². The van der Waals surface area contributed by atoms with Gasteiger partial charge in [-0.15, -0.1) is 10.2 Å². The number of hydrogen-bond donors (Lipinski definition) is 1. The van der Waals surface area contributed by atoms with Crippen LogP contribution < -0.4 is 5.32 Å². The Morgan fingerprint density at radius 2 is 2.12 bits per heavy atom. The number of sulfone groups is 1. The highest BCUT2D eigenvalue weighted by Crippen LogP contribution is 2.25. The molecule has 0 unspecified atom stereocenters. The van der Waals surface area contributed by atoms with Gasteiger partial charge in [0.25, 0.3) is 0 Å². The fourth-order valence-electron chi connectivity index (χ4n) is 2.81. The largest absolute Gasteiger partial charge is 0.352 e. The molecule has 1 saturated heterocycles. The first kappa shape index (κ1) is 17.9. The summed E-state index contributed by atoms with van der Waals surface area (Å²) in [5.41, 5.74) is 2.11. The average molecular weight is 380 g/mol. The van der Waals surface area contributed by atoms with Crippen LogP contribution in [0.4, 0.5) is 0 Å². The lowest BCUT2D eigenvalue weighted by Crippen LogP contribution is -2.36. The normalized spacial score (nSPS) is 19.0. The van der Waals surface area contributed by atoms with Crippen LogP contribution in [0.3, 0.4) is 0 Å². The number of benzene rings is 1. The van der Waals surface area contributed by atoms with Gasteiger partial charge in [-0.3, -0.25) is 4.79 Å². The number of nitrogens with one attached hydrogen (secondary N) is 1. The summed E-state index contributed by atoms with van der Waals surface area (Å²) < 4.78 is 24.7. The molecule has 1 aliphatic rings. The average Bonchev–Trinajstić information content (AvgIpc) is 3.08. The molecule has 134 valence electrons. The van der Waals surface area contributed by atoms with Crippen molar-refractivity contribution in [3.05, 3.63) is 29.8 Å². The zero-order valence-electron chi connectivity index (χ0n) is 14.1. The maximum absolute atomic E-state index is 12.0. The Labute approximate surface area is 151 Å². The molecule has 1 amide bonds. The number of carbonyl (C=O) groups is 1. The van der Waals surface area contributed by atoms with Crippen molar-refractivity contribution in [1.29, 1.82) is 0 Å². The molecular weight excluding hydrogens is 360 g/mol. The quantitative estimate of drug-likeness (QED) is 0.783. The zero-order chi connectivity index (χ0) is 18.0. The van der Waals surface area contributed by atoms with Gasteiger partial charge in [0.1, 0.15) is 0 Å². The van der Waals surface area contributed by atoms with E-state index in [1.807, 2.05) is 42.8 Å². The maximum Gasteiger partial charge on any atom is 0.230 e. The van der Waals surface area contributed by atoms with Gasteiger partial charge in [-0.2, -0.15) is 0 Å². The lowest BCUT2D eigenvalue weighted by molar-refractivity contribution is -0.119. The first-order chi connectivity index (χ1) is 11.9. The van der Waals surface area contributed by atoms with Gasteiger partial charge in [0.15, 0.2) is 20.8 Å². The molecular formula is C16H20N4O3S2. The number of hydrogen-bond acceptors (Lipinski definition) is 6. The van der Waals surface area contributed by atoms with Crippen LogP contribution in [-0.2, 0) is 21.7 Å². The molecule has 0 spiro atoms. The van der Waals surface area contributed by atoms with Gasteiger partial charge in [-0.25, -0.2) is 8.42 Å². The molecule has 7 nitrogen and oxygen atoms in total. The van der Waals surface area contributed by atoms with Crippen LogP contribution in [-0.4, -0.2) is 52.4 Å². The number of aryl methyl sites for hydroxylation is 1. The van der Waals surface area contributed by atoms with E-state index < -0.39 is 9.84 Å². The molecule has 1 atom stereocenters. The molecule has 3 rings (SSSR count). The van der Waals surface area contributed by atoms with E-state index in [0.717, 1.165) is 17.0 Å². The second-order valence-corrected chi connectivity index (χ2v) is 9.31. The summed E-state index contributed by atoms with van der Waals surface area (Å²) >= 11 is 1.29. The molecule has 2 aromatic rings. The molecule has 0 saturated carbocycles. The topological polar surface area (TPSA) is 94.0 Å². The molecule has 9 heteroatoms. The SMILES string of the molecule is Cc1ccccc1-c1nnc(SCC(=O)N[C@@H]2CCS(=O)(=O)C2)n1C. The Bertz CT molecular complexity index is 893. The van der Waals surface area contributed by atoms with Crippen molar-refractivity contribution in [2.75, 3.05) is 17.3 Å². The number of rotatable bonds is 5. The van der Waals surface area contributed by atoms with Crippen molar-refractivity contribution in [2.24, 2.45) is 7.05 Å². The second-order valence-electron chi connectivity index (χ2n) is 6.14. The monoisotopic (exact) mass is 380 g/mol. The molecule has 1 aromatic heterocycles. The molecule has 2 heterocycles. The van der Waals surface area contributed by atoms with Gasteiger partial charge in [0, 0.05) is 18.7 Å². The highest BCUT2D eigenvalue weighted by molar-refractivity contribution is 7.99. The van der Waals surface area contributed by atoms with Gasteiger partial charge in [0.2, 0.25) is 5.91 Å². The summed E-state index contributed by atoms with van der Waals surface area (Å²) in [5, 5.41) is 11.8. The first-order valence-electron chi connectivity index (χ1n) is 7.94. The van der Waals surface area contributed by atoms with Crippen molar-refractivity contribution in [3.63, 3.8) is 0 Å². The van der Waals surface area contributed by atoms with E-state index in [-0.39, 0.29) is 29.2 Å². The standard InChI is InChI=1S/C16H20N4O3S2/c1-11-5-3-4-6-13(11)15-18-19-16(20(15)2)24-9-14(21)17-12-7-8-25(22,23)10-12/h3-6,12H,7-10H2,1-2H3,(H,17,21)/t12-/m1/s1. The highest BCUT2D eigenvalue weighted by atomic mass is 32.2. The van der Waals surface area contributed by atoms with E-state index in [4.69, 9.17) is 0 Å². The molecule has 1 aliphatic heterocycles. The van der Waals surface area contributed by atoms with Crippen LogP contribution in [0.5, 0.6) is 0 Å². The molecule has 1 fully saturated rings. The third kappa shape index (κ3) is 4.21. The van der Waals surface area contributed by atoms with Crippen LogP contribution in [0.1, 0.15) is 12.0 Å². The molecule has 1 N–H and O–H groups in total. The third-order valence-corrected chi connectivity index (χ3v) is 6.94. The van der Waals surface area contributed by atoms with Gasteiger partial charge < -0.3 is 9.88 Å². The predicted octanol–water partition coefficient (Wildman–Crippen LogP) is 1.19. The molecule has 0 aliphatic carbocycles. The van der Waals surface area contributed by atoms with Crippen molar-refractivity contribution >= 4 is 27.5 Å². The Kier molecular flexibility index (Phi) is 5.14. The maximum atomic E-state index is 12.0. The van der Waals surface area contributed by atoms with Crippen molar-refractivity contribution in [3.8, 4) is 11.4 Å². The van der Waals surface area contributed by atoms with Gasteiger partial charge in [-0.1, -0.05) is 36.0 Å². The predicted molar refractivity (Wildman–Crippen MR) is 97.1 cm³/mol. The minimum atomic E-state index is -2.99. The summed E-state index contributed by atoms with van der Waals surface area (Å²) in [7, 11) is -1.13. The van der Waals surface area contributed by atoms with Gasteiger partial charge in [-0.05, 0) is 18.9 Å². The third-order valence-electron chi connectivity index (χ3n) is 4.15. The summed E-state index contributed by atoms with van der Waals surface area (Å²) in [6, 6.07) is 7.65. The lowest BCUT2D eigenvalue weighted by Gasteiger charge is -2.10. The van der Waals surface area contributed by atoms with Crippen molar-refractivity contribution < 1.29 is 13.2 Å². The van der Waals surface area contributed by atoms with Crippen LogP contribution in [0.25, 0.3) is 11.4 Å². The van der Waals surface area contributed by atoms with Gasteiger partial charge in [0.05, 0.1) is 17.3 Å². The minimum absolute atomic E-state index is 0.0325. The van der Waals surface area contributed by atoms with E-state index in [9.17, 15) is 13.2 Å². The molecule has 0 radical (unpaired) electrons. The van der Waals surface area contributed by atoms with E-state index in [2.05, 4.69) is 15.5 Å². The van der Waals surface area contributed by atoms with Crippen LogP contribution in [0.2, 0.25) is 0 Å². The number of thioether (sulfide) groups is 1. The van der Waals surface area contributed by atoms with Crippen molar-refractivity contribution in [1.82, 2.24) is 20.1 Å². The molecule has 25 heavy (non-hydrogen) atoms. The minimum Gasteiger partial charge on any atom is -0.352 e. The number of aromatic nitrogens is 3. The fraction of sp³-hybridized carbons (Fsp3) is 0.438. The Hall–Kier alpha value is -1.87. The smallest absolute Gasteiger partial charge is 0.230 e. The first-order valence-corrected chi connectivity index (χ1v) is 10.7. The summed E-state index contributed by atoms with van der Waals surface area (Å²) in [5.74, 6) is 0.922. The Balaban J connectivity index is 1.61. The van der Waals surface area contributed by atoms with Crippen LogP contribution >= 0.6 is 11.8 Å². The number of nitrogens with zero attached hydrogens (tertiary/aromatic N) is 3. The lowest BCUT2D eigenvalue weighted by atomic mass is 10.1. The van der Waals surface area contributed by atoms with Crippen molar-refractivity contribution in [2.45, 2.75) is 24.5 Å². The zero-order valence-corrected chi connectivity index (χ0v) is 15.7. The Morgan fingerprint density at radius 3 is 2.80 bits per heavy atom. The summed E-state index contributed by atoms with van der Waals surface area (Å²) in [6.07, 6.45) is 0.486. The Morgan fingerprint density at radius 1 is 1.36 bits per heavy atom.